The van der Waals surface area contributed by atoms with Crippen LogP contribution in [0.2, 0.25) is 0 Å². The van der Waals surface area contributed by atoms with Crippen LogP contribution in [-0.4, -0.2) is 53.3 Å². The van der Waals surface area contributed by atoms with Gasteiger partial charge in [-0.2, -0.15) is 0 Å². The molecule has 1 aromatic carbocycles. The van der Waals surface area contributed by atoms with Gasteiger partial charge in [-0.05, 0) is 32.3 Å². The van der Waals surface area contributed by atoms with E-state index in [4.69, 9.17) is 9.84 Å². The lowest BCUT2D eigenvalue weighted by Gasteiger charge is -2.47. The van der Waals surface area contributed by atoms with E-state index < -0.39 is 5.97 Å². The smallest absolute Gasteiger partial charge is 0.317 e. The van der Waals surface area contributed by atoms with Gasteiger partial charge in [0.05, 0.1) is 13.1 Å². The summed E-state index contributed by atoms with van der Waals surface area (Å²) in [4.78, 5) is 24.9. The first-order valence-corrected chi connectivity index (χ1v) is 8.37. The molecule has 1 saturated heterocycles. The molecule has 1 aliphatic rings. The van der Waals surface area contributed by atoms with Gasteiger partial charge < -0.3 is 20.1 Å². The molecule has 1 heterocycles. The third kappa shape index (κ3) is 5.23. The zero-order valence-electron chi connectivity index (χ0n) is 14.3. The van der Waals surface area contributed by atoms with E-state index >= 15 is 0 Å². The zero-order chi connectivity index (χ0) is 17.6. The summed E-state index contributed by atoms with van der Waals surface area (Å²) in [5.41, 5.74) is 0.818. The standard InChI is InChI=1S/C18H26N2O4/c1-3-24-18(2)12-20(13-18)17(23)19-15(9-10-16(21)22)11-14-7-5-4-6-8-14/h4-8,15H,3,9-13H2,1-2H3,(H,19,23)(H,21,22). The summed E-state index contributed by atoms with van der Waals surface area (Å²) in [5, 5.41) is 11.9. The number of benzene rings is 1. The lowest BCUT2D eigenvalue weighted by molar-refractivity contribution is -0.137. The summed E-state index contributed by atoms with van der Waals surface area (Å²) in [6.45, 7) is 5.68. The number of nitrogens with one attached hydrogen (secondary N) is 1. The molecule has 0 bridgehead atoms. The summed E-state index contributed by atoms with van der Waals surface area (Å²) in [6.07, 6.45) is 1.07. The molecule has 6 nitrogen and oxygen atoms in total. The number of aliphatic carboxylic acids is 1. The van der Waals surface area contributed by atoms with Crippen LogP contribution < -0.4 is 5.32 Å². The van der Waals surface area contributed by atoms with Crippen molar-refractivity contribution in [2.45, 2.75) is 44.8 Å². The van der Waals surface area contributed by atoms with Crippen LogP contribution in [0.3, 0.4) is 0 Å². The molecule has 0 aromatic heterocycles. The van der Waals surface area contributed by atoms with Gasteiger partial charge in [0, 0.05) is 19.1 Å². The van der Waals surface area contributed by atoms with E-state index in [1.807, 2.05) is 44.2 Å². The maximum absolute atomic E-state index is 12.4. The Balaban J connectivity index is 1.90. The van der Waals surface area contributed by atoms with Gasteiger partial charge >= 0.3 is 12.0 Å². The topological polar surface area (TPSA) is 78.9 Å². The molecule has 0 radical (unpaired) electrons. The minimum Gasteiger partial charge on any atom is -0.481 e. The van der Waals surface area contributed by atoms with E-state index in [1.54, 1.807) is 4.90 Å². The number of ether oxygens (including phenoxy) is 1. The van der Waals surface area contributed by atoms with E-state index in [0.29, 0.717) is 32.5 Å². The number of amides is 2. The number of nitrogens with zero attached hydrogens (tertiary/aromatic N) is 1. The summed E-state index contributed by atoms with van der Waals surface area (Å²) >= 11 is 0. The van der Waals surface area contributed by atoms with Crippen LogP contribution in [0.25, 0.3) is 0 Å². The first-order chi connectivity index (χ1) is 11.4. The molecule has 1 atom stereocenters. The van der Waals surface area contributed by atoms with E-state index in [-0.39, 0.29) is 24.1 Å². The number of rotatable bonds is 8. The molecule has 2 N–H and O–H groups in total. The minimum absolute atomic E-state index is 0.0362. The Hall–Kier alpha value is -2.08. The zero-order valence-corrected chi connectivity index (χ0v) is 14.3. The summed E-state index contributed by atoms with van der Waals surface area (Å²) in [5.74, 6) is -0.852. The monoisotopic (exact) mass is 334 g/mol. The third-order valence-corrected chi connectivity index (χ3v) is 4.19. The number of carbonyl (C=O) groups excluding carboxylic acids is 1. The van der Waals surface area contributed by atoms with Gasteiger partial charge in [0.2, 0.25) is 0 Å². The van der Waals surface area contributed by atoms with E-state index in [9.17, 15) is 9.59 Å². The van der Waals surface area contributed by atoms with Crippen molar-refractivity contribution in [1.82, 2.24) is 10.2 Å². The van der Waals surface area contributed by atoms with Crippen molar-refractivity contribution in [1.29, 1.82) is 0 Å². The number of carboxylic acids is 1. The average Bonchev–Trinajstić information content (AvgIpc) is 2.51. The molecule has 24 heavy (non-hydrogen) atoms. The van der Waals surface area contributed by atoms with Crippen molar-refractivity contribution in [3.8, 4) is 0 Å². The molecule has 6 heteroatoms. The molecule has 1 unspecified atom stereocenters. The molecule has 132 valence electrons. The largest absolute Gasteiger partial charge is 0.481 e. The van der Waals surface area contributed by atoms with Gasteiger partial charge in [-0.15, -0.1) is 0 Å². The van der Waals surface area contributed by atoms with Gasteiger partial charge in [-0.25, -0.2) is 4.79 Å². The lowest BCUT2D eigenvalue weighted by atomic mass is 9.96. The number of hydrogen-bond donors (Lipinski definition) is 2. The molecule has 1 fully saturated rings. The SMILES string of the molecule is CCOC1(C)CN(C(=O)NC(CCC(=O)O)Cc2ccccc2)C1. The molecule has 1 aliphatic heterocycles. The second kappa shape index (κ2) is 8.15. The van der Waals surface area contributed by atoms with Crippen LogP contribution in [0.4, 0.5) is 4.79 Å². The maximum Gasteiger partial charge on any atom is 0.317 e. The minimum atomic E-state index is -0.852. The first kappa shape index (κ1) is 18.3. The average molecular weight is 334 g/mol. The normalized spacial score (nSPS) is 17.0. The summed E-state index contributed by atoms with van der Waals surface area (Å²) < 4.78 is 5.63. The summed E-state index contributed by atoms with van der Waals surface area (Å²) in [6, 6.07) is 9.42. The Bertz CT molecular complexity index is 555. The third-order valence-electron chi connectivity index (χ3n) is 4.19. The Morgan fingerprint density at radius 1 is 1.33 bits per heavy atom. The van der Waals surface area contributed by atoms with Crippen LogP contribution in [-0.2, 0) is 16.0 Å². The first-order valence-electron chi connectivity index (χ1n) is 8.37. The number of likely N-dealkylation sites (tertiary alicyclic amines) is 1. The lowest BCUT2D eigenvalue weighted by Crippen LogP contribution is -2.65. The fourth-order valence-corrected chi connectivity index (χ4v) is 3.03. The van der Waals surface area contributed by atoms with Crippen molar-refractivity contribution in [3.05, 3.63) is 35.9 Å². The predicted molar refractivity (Wildman–Crippen MR) is 90.9 cm³/mol. The van der Waals surface area contributed by atoms with Crippen LogP contribution in [0, 0.1) is 0 Å². The van der Waals surface area contributed by atoms with Crippen molar-refractivity contribution in [2.24, 2.45) is 0 Å². The Labute approximate surface area is 142 Å². The second-order valence-corrected chi connectivity index (χ2v) is 6.51. The van der Waals surface area contributed by atoms with E-state index in [1.165, 1.54) is 0 Å². The number of carboxylic acid groups (broad SMARTS) is 1. The van der Waals surface area contributed by atoms with Gasteiger partial charge in [0.25, 0.3) is 0 Å². The van der Waals surface area contributed by atoms with Gasteiger partial charge in [0.1, 0.15) is 5.60 Å². The fraction of sp³-hybridized carbons (Fsp3) is 0.556. The van der Waals surface area contributed by atoms with E-state index in [0.717, 1.165) is 5.56 Å². The number of carbonyl (C=O) groups is 2. The van der Waals surface area contributed by atoms with E-state index in [2.05, 4.69) is 5.32 Å². The highest BCUT2D eigenvalue weighted by Gasteiger charge is 2.42. The van der Waals surface area contributed by atoms with Crippen molar-refractivity contribution >= 4 is 12.0 Å². The molecule has 2 amide bonds. The van der Waals surface area contributed by atoms with Crippen LogP contribution in [0.1, 0.15) is 32.3 Å². The van der Waals surface area contributed by atoms with Crippen LogP contribution in [0.15, 0.2) is 30.3 Å². The van der Waals surface area contributed by atoms with Gasteiger partial charge in [-0.1, -0.05) is 30.3 Å². The quantitative estimate of drug-likeness (QED) is 0.764. The highest BCUT2D eigenvalue weighted by molar-refractivity contribution is 5.76. The van der Waals surface area contributed by atoms with Crippen LogP contribution in [0.5, 0.6) is 0 Å². The fourth-order valence-electron chi connectivity index (χ4n) is 3.03. The molecular formula is C18H26N2O4. The second-order valence-electron chi connectivity index (χ2n) is 6.51. The maximum atomic E-state index is 12.4. The molecule has 1 aromatic rings. The van der Waals surface area contributed by atoms with Crippen molar-refractivity contribution in [2.75, 3.05) is 19.7 Å². The van der Waals surface area contributed by atoms with Crippen molar-refractivity contribution in [3.63, 3.8) is 0 Å². The highest BCUT2D eigenvalue weighted by atomic mass is 16.5. The summed E-state index contributed by atoms with van der Waals surface area (Å²) in [7, 11) is 0. The molecule has 0 aliphatic carbocycles. The molecule has 0 spiro atoms. The van der Waals surface area contributed by atoms with Gasteiger partial charge in [-0.3, -0.25) is 4.79 Å². The Morgan fingerprint density at radius 2 is 2.00 bits per heavy atom. The molecule has 0 saturated carbocycles. The number of urea groups is 1. The Kier molecular flexibility index (Phi) is 6.20. The predicted octanol–water partition coefficient (Wildman–Crippen LogP) is 2.28. The number of hydrogen-bond acceptors (Lipinski definition) is 3. The Morgan fingerprint density at radius 3 is 2.58 bits per heavy atom. The van der Waals surface area contributed by atoms with Crippen LogP contribution >= 0.6 is 0 Å². The highest BCUT2D eigenvalue weighted by Crippen LogP contribution is 2.24. The molecule has 2 rings (SSSR count). The molecular weight excluding hydrogens is 308 g/mol. The van der Waals surface area contributed by atoms with Gasteiger partial charge in [0.15, 0.2) is 0 Å². The van der Waals surface area contributed by atoms with Crippen molar-refractivity contribution < 1.29 is 19.4 Å².